The number of rotatable bonds is 2. The molecule has 0 aromatic heterocycles. The van der Waals surface area contributed by atoms with Crippen LogP contribution in [-0.4, -0.2) is 65.6 Å². The minimum Gasteiger partial charge on any atom is -0.338 e. The van der Waals surface area contributed by atoms with Crippen LogP contribution in [0.25, 0.3) is 0 Å². The summed E-state index contributed by atoms with van der Waals surface area (Å²) in [5.74, 6) is 2.15. The van der Waals surface area contributed by atoms with Crippen LogP contribution >= 0.6 is 11.8 Å². The average Bonchev–Trinajstić information content (AvgIpc) is 2.81. The van der Waals surface area contributed by atoms with Gasteiger partial charge in [-0.2, -0.15) is 0 Å². The summed E-state index contributed by atoms with van der Waals surface area (Å²) in [6, 6.07) is 0.558. The summed E-state index contributed by atoms with van der Waals surface area (Å²) in [6.07, 6.45) is 0. The van der Waals surface area contributed by atoms with Crippen LogP contribution in [0.3, 0.4) is 0 Å². The molecule has 2 rings (SSSR count). The van der Waals surface area contributed by atoms with Crippen LogP contribution in [0.1, 0.15) is 13.8 Å². The van der Waals surface area contributed by atoms with Crippen molar-refractivity contribution in [3.05, 3.63) is 0 Å². The molecule has 0 aliphatic carbocycles. The largest absolute Gasteiger partial charge is 0.338 e. The number of carbonyl (C=O) groups excluding carboxylic acids is 1. The molecule has 2 aliphatic heterocycles. The summed E-state index contributed by atoms with van der Waals surface area (Å²) < 4.78 is 0. The van der Waals surface area contributed by atoms with Crippen LogP contribution in [-0.2, 0) is 4.79 Å². The van der Waals surface area contributed by atoms with E-state index in [0.717, 1.165) is 37.8 Å². The van der Waals surface area contributed by atoms with Crippen LogP contribution < -0.4 is 5.32 Å². The second kappa shape index (κ2) is 5.38. The molecule has 0 saturated carbocycles. The highest BCUT2D eigenvalue weighted by Gasteiger charge is 2.31. The van der Waals surface area contributed by atoms with Gasteiger partial charge in [-0.05, 0) is 13.5 Å². The first-order chi connectivity index (χ1) is 7.72. The molecule has 2 heterocycles. The normalized spacial score (nSPS) is 32.0. The van der Waals surface area contributed by atoms with Gasteiger partial charge < -0.3 is 4.90 Å². The van der Waals surface area contributed by atoms with E-state index in [1.54, 1.807) is 0 Å². The average molecular weight is 243 g/mol. The molecular weight excluding hydrogens is 222 g/mol. The first kappa shape index (κ1) is 12.2. The van der Waals surface area contributed by atoms with Gasteiger partial charge in [-0.15, -0.1) is 11.8 Å². The molecule has 1 amide bonds. The maximum atomic E-state index is 12.2. The molecule has 92 valence electrons. The second-order valence-corrected chi connectivity index (χ2v) is 5.56. The Labute approximate surface area is 102 Å². The third-order valence-electron chi connectivity index (χ3n) is 3.50. The molecule has 4 nitrogen and oxygen atoms in total. The Morgan fingerprint density at radius 3 is 2.88 bits per heavy atom. The van der Waals surface area contributed by atoms with Gasteiger partial charge >= 0.3 is 0 Å². The molecular formula is C11H21N3OS. The lowest BCUT2D eigenvalue weighted by molar-refractivity contribution is -0.135. The zero-order valence-corrected chi connectivity index (χ0v) is 10.9. The van der Waals surface area contributed by atoms with Crippen molar-refractivity contribution < 1.29 is 4.79 Å². The lowest BCUT2D eigenvalue weighted by atomic mass is 10.1. The minimum atomic E-state index is 0.0605. The predicted octanol–water partition coefficient (Wildman–Crippen LogP) is 0.202. The van der Waals surface area contributed by atoms with E-state index in [1.807, 2.05) is 16.7 Å². The van der Waals surface area contributed by atoms with Gasteiger partial charge in [0.2, 0.25) is 5.91 Å². The summed E-state index contributed by atoms with van der Waals surface area (Å²) in [7, 11) is 0. The lowest BCUT2D eigenvalue weighted by Gasteiger charge is -2.40. The Morgan fingerprint density at radius 2 is 2.31 bits per heavy atom. The summed E-state index contributed by atoms with van der Waals surface area (Å²) >= 11 is 1.81. The van der Waals surface area contributed by atoms with Gasteiger partial charge in [-0.1, -0.05) is 6.92 Å². The van der Waals surface area contributed by atoms with Crippen molar-refractivity contribution in [3.8, 4) is 0 Å². The third kappa shape index (κ3) is 2.52. The fourth-order valence-electron chi connectivity index (χ4n) is 2.44. The topological polar surface area (TPSA) is 35.6 Å². The number of likely N-dealkylation sites (N-methyl/N-ethyl adjacent to an activating group) is 1. The lowest BCUT2D eigenvalue weighted by Crippen LogP contribution is -2.56. The van der Waals surface area contributed by atoms with Crippen LogP contribution in [0, 0.1) is 0 Å². The Balaban J connectivity index is 1.88. The number of hydrogen-bond acceptors (Lipinski definition) is 4. The molecule has 2 saturated heterocycles. The van der Waals surface area contributed by atoms with Crippen molar-refractivity contribution in [1.82, 2.24) is 15.1 Å². The smallest absolute Gasteiger partial charge is 0.240 e. The minimum absolute atomic E-state index is 0.0605. The molecule has 0 spiro atoms. The van der Waals surface area contributed by atoms with Crippen molar-refractivity contribution in [2.24, 2.45) is 0 Å². The standard InChI is InChI=1S/C11H21N3OS/c1-3-13-4-5-14(6-9(13)2)11(15)10-7-16-8-12-10/h9-10,12H,3-8H2,1-2H3. The van der Waals surface area contributed by atoms with Crippen molar-refractivity contribution >= 4 is 17.7 Å². The van der Waals surface area contributed by atoms with E-state index in [9.17, 15) is 4.79 Å². The monoisotopic (exact) mass is 243 g/mol. The molecule has 0 aromatic rings. The summed E-state index contributed by atoms with van der Waals surface area (Å²) in [4.78, 5) is 16.6. The van der Waals surface area contributed by atoms with Gasteiger partial charge in [0.05, 0.1) is 6.04 Å². The number of hydrogen-bond donors (Lipinski definition) is 1. The number of thioether (sulfide) groups is 1. The van der Waals surface area contributed by atoms with Crippen LogP contribution in [0.15, 0.2) is 0 Å². The molecule has 2 atom stereocenters. The summed E-state index contributed by atoms with van der Waals surface area (Å²) in [5, 5.41) is 3.25. The maximum absolute atomic E-state index is 12.2. The Hall–Kier alpha value is -0.260. The van der Waals surface area contributed by atoms with Gasteiger partial charge in [-0.25, -0.2) is 0 Å². The van der Waals surface area contributed by atoms with Crippen molar-refractivity contribution in [1.29, 1.82) is 0 Å². The van der Waals surface area contributed by atoms with E-state index < -0.39 is 0 Å². The molecule has 2 aliphatic rings. The number of carbonyl (C=O) groups is 1. The van der Waals surface area contributed by atoms with E-state index in [-0.39, 0.29) is 6.04 Å². The van der Waals surface area contributed by atoms with E-state index in [0.29, 0.717) is 11.9 Å². The van der Waals surface area contributed by atoms with Gasteiger partial charge in [0, 0.05) is 37.3 Å². The van der Waals surface area contributed by atoms with Gasteiger partial charge in [0.15, 0.2) is 0 Å². The Morgan fingerprint density at radius 1 is 1.50 bits per heavy atom. The number of amides is 1. The molecule has 1 N–H and O–H groups in total. The SMILES string of the molecule is CCN1CCN(C(=O)C2CSCN2)CC1C. The zero-order chi connectivity index (χ0) is 11.5. The van der Waals surface area contributed by atoms with Crippen molar-refractivity contribution in [2.45, 2.75) is 25.9 Å². The first-order valence-electron chi connectivity index (χ1n) is 6.06. The molecule has 0 bridgehead atoms. The molecule has 5 heteroatoms. The Kier molecular flexibility index (Phi) is 4.10. The highest BCUT2D eigenvalue weighted by molar-refractivity contribution is 7.99. The Bertz CT molecular complexity index is 256. The van der Waals surface area contributed by atoms with E-state index >= 15 is 0 Å². The van der Waals surface area contributed by atoms with Crippen LogP contribution in [0.5, 0.6) is 0 Å². The fourth-order valence-corrected chi connectivity index (χ4v) is 3.37. The molecule has 16 heavy (non-hydrogen) atoms. The van der Waals surface area contributed by atoms with E-state index in [4.69, 9.17) is 0 Å². The van der Waals surface area contributed by atoms with Crippen molar-refractivity contribution in [2.75, 3.05) is 37.8 Å². The molecule has 2 unspecified atom stereocenters. The highest BCUT2D eigenvalue weighted by atomic mass is 32.2. The molecule has 2 fully saturated rings. The summed E-state index contributed by atoms with van der Waals surface area (Å²) in [5.41, 5.74) is 0. The second-order valence-electron chi connectivity index (χ2n) is 4.53. The number of nitrogens with zero attached hydrogens (tertiary/aromatic N) is 2. The number of nitrogens with one attached hydrogen (secondary N) is 1. The maximum Gasteiger partial charge on any atom is 0.240 e. The highest BCUT2D eigenvalue weighted by Crippen LogP contribution is 2.15. The van der Waals surface area contributed by atoms with Gasteiger partial charge in [0.1, 0.15) is 0 Å². The van der Waals surface area contributed by atoms with Crippen LogP contribution in [0.4, 0.5) is 0 Å². The summed E-state index contributed by atoms with van der Waals surface area (Å²) in [6.45, 7) is 8.27. The third-order valence-corrected chi connectivity index (χ3v) is 4.44. The quantitative estimate of drug-likeness (QED) is 0.752. The van der Waals surface area contributed by atoms with Crippen LogP contribution in [0.2, 0.25) is 0 Å². The predicted molar refractivity (Wildman–Crippen MR) is 67.5 cm³/mol. The van der Waals surface area contributed by atoms with E-state index in [2.05, 4.69) is 24.1 Å². The van der Waals surface area contributed by atoms with Gasteiger partial charge in [0.25, 0.3) is 0 Å². The van der Waals surface area contributed by atoms with Gasteiger partial charge in [-0.3, -0.25) is 15.0 Å². The molecule has 0 radical (unpaired) electrons. The fraction of sp³-hybridized carbons (Fsp3) is 0.909. The molecule has 0 aromatic carbocycles. The first-order valence-corrected chi connectivity index (χ1v) is 7.21. The van der Waals surface area contributed by atoms with E-state index in [1.165, 1.54) is 0 Å². The van der Waals surface area contributed by atoms with Crippen molar-refractivity contribution in [3.63, 3.8) is 0 Å². The number of piperazine rings is 1. The zero-order valence-electron chi connectivity index (χ0n) is 10.1.